The molecular formula is C3H3O8P. The Balaban J connectivity index is 2.39. The second-order valence-corrected chi connectivity index (χ2v) is 3.43. The van der Waals surface area contributed by atoms with E-state index < -0.39 is 25.5 Å². The van der Waals surface area contributed by atoms with E-state index in [0.29, 0.717) is 0 Å². The zero-order chi connectivity index (χ0) is 8.98. The first kappa shape index (κ1) is 7.84. The van der Waals surface area contributed by atoms with Crippen LogP contribution in [-0.2, 0) is 23.2 Å². The van der Waals surface area contributed by atoms with Crippen LogP contribution in [0, 0.1) is 0 Å². The van der Waals surface area contributed by atoms with E-state index in [-0.39, 0.29) is 0 Å². The molecular weight excluding hydrogens is 195 g/mol. The third kappa shape index (κ3) is 0.838. The van der Waals surface area contributed by atoms with E-state index in [1.54, 1.807) is 0 Å². The quantitative estimate of drug-likeness (QED) is 0.369. The van der Waals surface area contributed by atoms with Gasteiger partial charge in [-0.05, 0) is 0 Å². The lowest BCUT2D eigenvalue weighted by molar-refractivity contribution is -0.345. The average Bonchev–Trinajstić information content (AvgIpc) is 2.05. The van der Waals surface area contributed by atoms with Crippen LogP contribution >= 0.6 is 7.82 Å². The summed E-state index contributed by atoms with van der Waals surface area (Å²) in [5.41, 5.74) is 0. The normalized spacial score (nSPS) is 46.1. The Kier molecular flexibility index (Phi) is 1.26. The maximum Gasteiger partial charge on any atom is 0.520 e. The second-order valence-electron chi connectivity index (χ2n) is 2.02. The van der Waals surface area contributed by atoms with Crippen molar-refractivity contribution < 1.29 is 38.5 Å². The minimum atomic E-state index is -3.96. The molecule has 1 fully saturated rings. The van der Waals surface area contributed by atoms with Crippen LogP contribution in [-0.4, -0.2) is 21.3 Å². The summed E-state index contributed by atoms with van der Waals surface area (Å²) in [5, 5.41) is 26.5. The van der Waals surface area contributed by atoms with Crippen molar-refractivity contribution >= 4 is 7.82 Å². The van der Waals surface area contributed by atoms with Crippen molar-refractivity contribution in [3.05, 3.63) is 11.7 Å². The molecule has 0 radical (unpaired) electrons. The molecule has 3 N–H and O–H groups in total. The lowest BCUT2D eigenvalue weighted by atomic mass is 10.4. The molecule has 3 heterocycles. The molecule has 0 aromatic carbocycles. The van der Waals surface area contributed by atoms with Crippen LogP contribution in [0.1, 0.15) is 0 Å². The Hall–Kier alpha value is -0.790. The number of fused-ring (bicyclic) bond motifs is 2. The molecule has 0 saturated carbocycles. The van der Waals surface area contributed by atoms with Crippen molar-refractivity contribution in [2.24, 2.45) is 0 Å². The van der Waals surface area contributed by atoms with Gasteiger partial charge >= 0.3 is 19.7 Å². The Bertz CT molecular complexity index is 295. The van der Waals surface area contributed by atoms with Crippen LogP contribution in [0.15, 0.2) is 11.7 Å². The van der Waals surface area contributed by atoms with Gasteiger partial charge in [0.1, 0.15) is 0 Å². The number of aliphatic hydroxyl groups is 3. The van der Waals surface area contributed by atoms with Gasteiger partial charge in [-0.3, -0.25) is 4.89 Å². The lowest BCUT2D eigenvalue weighted by Crippen LogP contribution is -2.44. The Labute approximate surface area is 65.1 Å². The predicted octanol–water partition coefficient (Wildman–Crippen LogP) is 0.0343. The van der Waals surface area contributed by atoms with Gasteiger partial charge in [-0.1, -0.05) is 4.67 Å². The van der Waals surface area contributed by atoms with Crippen molar-refractivity contribution in [1.29, 1.82) is 0 Å². The molecule has 0 spiro atoms. The summed E-state index contributed by atoms with van der Waals surface area (Å²) in [6.45, 7) is 0. The summed E-state index contributed by atoms with van der Waals surface area (Å²) in [6, 6.07) is 0. The summed E-state index contributed by atoms with van der Waals surface area (Å²) >= 11 is 0. The monoisotopic (exact) mass is 198 g/mol. The minimum absolute atomic E-state index is 1.16. The molecule has 8 nitrogen and oxygen atoms in total. The van der Waals surface area contributed by atoms with Gasteiger partial charge < -0.3 is 15.3 Å². The molecule has 3 aliphatic rings. The first-order valence-corrected chi connectivity index (χ1v) is 4.14. The highest BCUT2D eigenvalue weighted by molar-refractivity contribution is 7.49. The Morgan fingerprint density at radius 3 is 2.50 bits per heavy atom. The number of hydrogen-bond donors (Lipinski definition) is 3. The van der Waals surface area contributed by atoms with E-state index in [1.165, 1.54) is 0 Å². The summed E-state index contributed by atoms with van der Waals surface area (Å²) in [4.78, 5) is 3.85. The Morgan fingerprint density at radius 1 is 1.33 bits per heavy atom. The largest absolute Gasteiger partial charge is 0.520 e. The molecule has 0 aliphatic carbocycles. The van der Waals surface area contributed by atoms with Crippen LogP contribution in [0.5, 0.6) is 0 Å². The van der Waals surface area contributed by atoms with Crippen LogP contribution in [0.2, 0.25) is 0 Å². The van der Waals surface area contributed by atoms with Gasteiger partial charge in [-0.25, -0.2) is 13.6 Å². The molecule has 0 aromatic heterocycles. The van der Waals surface area contributed by atoms with Crippen LogP contribution in [0.25, 0.3) is 0 Å². The summed E-state index contributed by atoms with van der Waals surface area (Å²) in [7, 11) is -3.96. The molecule has 0 amide bonds. The predicted molar refractivity (Wildman–Crippen MR) is 29.2 cm³/mol. The van der Waals surface area contributed by atoms with Crippen molar-refractivity contribution in [2.45, 2.75) is 5.97 Å². The molecule has 0 unspecified atom stereocenters. The highest BCUT2D eigenvalue weighted by atomic mass is 31.2. The number of aliphatic hydroxyl groups excluding tert-OH is 2. The highest BCUT2D eigenvalue weighted by Gasteiger charge is 2.65. The van der Waals surface area contributed by atoms with Gasteiger partial charge in [-0.2, -0.15) is 0 Å². The second kappa shape index (κ2) is 1.93. The fourth-order valence-electron chi connectivity index (χ4n) is 0.682. The minimum Gasteiger partial charge on any atom is -0.500 e. The molecule has 2 bridgehead atoms. The maximum absolute atomic E-state index is 10.8. The first-order valence-electron chi connectivity index (χ1n) is 2.68. The first-order chi connectivity index (χ1) is 5.45. The average molecular weight is 198 g/mol. The molecule has 1 saturated heterocycles. The topological polar surface area (TPSA) is 115 Å². The van der Waals surface area contributed by atoms with E-state index in [0.717, 1.165) is 0 Å². The van der Waals surface area contributed by atoms with Gasteiger partial charge in [0.15, 0.2) is 0 Å². The molecule has 0 atom stereocenters. The van der Waals surface area contributed by atoms with E-state index in [4.69, 9.17) is 15.3 Å². The summed E-state index contributed by atoms with van der Waals surface area (Å²) in [5.74, 6) is -4.96. The lowest BCUT2D eigenvalue weighted by Gasteiger charge is -2.34. The van der Waals surface area contributed by atoms with Gasteiger partial charge in [-0.15, -0.1) is 0 Å². The van der Waals surface area contributed by atoms with Crippen LogP contribution in [0.4, 0.5) is 0 Å². The number of phosphoric acid groups is 1. The smallest absolute Gasteiger partial charge is 0.500 e. The van der Waals surface area contributed by atoms with Gasteiger partial charge in [0.2, 0.25) is 0 Å². The number of phosphoric ester groups is 1. The SMILES string of the molecule is O=P12OOC(O)=C(O)C(O)(O1)O2. The zero-order valence-corrected chi connectivity index (χ0v) is 6.22. The van der Waals surface area contributed by atoms with E-state index >= 15 is 0 Å². The molecule has 68 valence electrons. The molecule has 12 heavy (non-hydrogen) atoms. The molecule has 3 rings (SSSR count). The summed E-state index contributed by atoms with van der Waals surface area (Å²) < 4.78 is 23.0. The fraction of sp³-hybridized carbons (Fsp3) is 0.333. The van der Waals surface area contributed by atoms with Crippen LogP contribution < -0.4 is 0 Å². The van der Waals surface area contributed by atoms with E-state index in [9.17, 15) is 4.57 Å². The van der Waals surface area contributed by atoms with Crippen molar-refractivity contribution in [1.82, 2.24) is 0 Å². The van der Waals surface area contributed by atoms with E-state index in [2.05, 4.69) is 18.6 Å². The zero-order valence-electron chi connectivity index (χ0n) is 5.33. The van der Waals surface area contributed by atoms with Gasteiger partial charge in [0.25, 0.3) is 5.76 Å². The van der Waals surface area contributed by atoms with Crippen molar-refractivity contribution in [3.63, 3.8) is 0 Å². The molecule has 3 aliphatic heterocycles. The summed E-state index contributed by atoms with van der Waals surface area (Å²) in [6.07, 6.45) is 0. The van der Waals surface area contributed by atoms with Crippen LogP contribution in [0.3, 0.4) is 0 Å². The fourth-order valence-corrected chi connectivity index (χ4v) is 1.70. The maximum atomic E-state index is 10.8. The van der Waals surface area contributed by atoms with Gasteiger partial charge in [0, 0.05) is 0 Å². The van der Waals surface area contributed by atoms with Gasteiger partial charge in [0.05, 0.1) is 0 Å². The molecule has 9 heteroatoms. The van der Waals surface area contributed by atoms with Crippen molar-refractivity contribution in [3.8, 4) is 0 Å². The number of rotatable bonds is 0. The molecule has 0 aromatic rings. The number of hydrogen-bond acceptors (Lipinski definition) is 8. The standard InChI is InChI=1S/C3H3O8P/c4-1-2(5)8-11-12(7)9-3(1,6)10-12/h4-6H. The third-order valence-electron chi connectivity index (χ3n) is 1.18. The highest BCUT2D eigenvalue weighted by Crippen LogP contribution is 2.67. The van der Waals surface area contributed by atoms with Crippen molar-refractivity contribution in [2.75, 3.05) is 0 Å². The third-order valence-corrected chi connectivity index (χ3v) is 2.38. The Morgan fingerprint density at radius 2 is 1.92 bits per heavy atom. The van der Waals surface area contributed by atoms with E-state index in [1.807, 2.05) is 0 Å².